The van der Waals surface area contributed by atoms with Crippen molar-refractivity contribution in [2.45, 2.75) is 25.3 Å². The molecule has 0 aromatic heterocycles. The molecule has 2 rings (SSSR count). The zero-order chi connectivity index (χ0) is 11.6. The van der Waals surface area contributed by atoms with Crippen LogP contribution in [0.1, 0.15) is 18.4 Å². The molecule has 88 valence electrons. The predicted octanol–water partition coefficient (Wildman–Crippen LogP) is 2.26. The molecule has 1 aromatic carbocycles. The summed E-state index contributed by atoms with van der Waals surface area (Å²) >= 11 is 0. The van der Waals surface area contributed by atoms with Crippen LogP contribution in [0.5, 0.6) is 0 Å². The van der Waals surface area contributed by atoms with Crippen molar-refractivity contribution in [2.24, 2.45) is 5.73 Å². The molecule has 0 atom stereocenters. The summed E-state index contributed by atoms with van der Waals surface area (Å²) in [5.41, 5.74) is 7.87. The van der Waals surface area contributed by atoms with E-state index in [1.54, 1.807) is 0 Å². The van der Waals surface area contributed by atoms with Gasteiger partial charge in [0.25, 0.3) is 0 Å². The van der Waals surface area contributed by atoms with E-state index in [1.165, 1.54) is 11.3 Å². The maximum absolute atomic E-state index is 12.7. The number of nitrogens with zero attached hydrogens (tertiary/aromatic N) is 1. The van der Waals surface area contributed by atoms with E-state index in [1.807, 2.05) is 12.1 Å². The van der Waals surface area contributed by atoms with Gasteiger partial charge in [-0.2, -0.15) is 0 Å². The Kier molecular flexibility index (Phi) is 3.15. The minimum atomic E-state index is -0.584. The van der Waals surface area contributed by atoms with Crippen molar-refractivity contribution in [3.8, 4) is 0 Å². The Bertz CT molecular complexity index is 357. The molecule has 1 aliphatic rings. The van der Waals surface area contributed by atoms with Crippen LogP contribution < -0.4 is 10.6 Å². The van der Waals surface area contributed by atoms with Crippen LogP contribution in [0.2, 0.25) is 0 Å². The Balaban J connectivity index is 2.07. The molecule has 0 radical (unpaired) electrons. The first kappa shape index (κ1) is 11.4. The molecule has 1 saturated heterocycles. The van der Waals surface area contributed by atoms with Crippen LogP contribution in [0.3, 0.4) is 0 Å². The summed E-state index contributed by atoms with van der Waals surface area (Å²) in [4.78, 5) is 2.30. The number of alkyl halides is 1. The number of halogens is 1. The zero-order valence-corrected chi connectivity index (χ0v) is 9.75. The maximum atomic E-state index is 12.7. The number of benzene rings is 1. The molecule has 0 saturated carbocycles. The standard InChI is InChI=1S/C13H19FN2/c1-11-4-2-3-5-12(11)16-8-6-13(15,10-14)7-9-16/h2-5H,6-10,15H2,1H3. The van der Waals surface area contributed by atoms with E-state index < -0.39 is 12.2 Å². The molecule has 1 fully saturated rings. The normalized spacial score (nSPS) is 19.8. The third-order valence-corrected chi connectivity index (χ3v) is 3.48. The highest BCUT2D eigenvalue weighted by atomic mass is 19.1. The van der Waals surface area contributed by atoms with Crippen molar-refractivity contribution in [1.82, 2.24) is 0 Å². The second-order valence-electron chi connectivity index (χ2n) is 4.77. The number of anilines is 1. The monoisotopic (exact) mass is 222 g/mol. The second kappa shape index (κ2) is 4.42. The molecular formula is C13H19FN2. The van der Waals surface area contributed by atoms with Crippen molar-refractivity contribution in [3.63, 3.8) is 0 Å². The third kappa shape index (κ3) is 2.19. The van der Waals surface area contributed by atoms with Crippen LogP contribution in [0, 0.1) is 6.92 Å². The van der Waals surface area contributed by atoms with E-state index in [0.717, 1.165) is 25.9 Å². The minimum Gasteiger partial charge on any atom is -0.371 e. The number of piperidine rings is 1. The van der Waals surface area contributed by atoms with Crippen LogP contribution in [-0.4, -0.2) is 25.3 Å². The summed E-state index contributed by atoms with van der Waals surface area (Å²) in [6, 6.07) is 8.31. The van der Waals surface area contributed by atoms with Crippen molar-refractivity contribution in [1.29, 1.82) is 0 Å². The molecule has 0 spiro atoms. The molecule has 2 nitrogen and oxygen atoms in total. The topological polar surface area (TPSA) is 29.3 Å². The number of hydrogen-bond acceptors (Lipinski definition) is 2. The molecule has 0 aliphatic carbocycles. The minimum absolute atomic E-state index is 0.408. The first-order valence-corrected chi connectivity index (χ1v) is 5.80. The fourth-order valence-electron chi connectivity index (χ4n) is 2.24. The number of rotatable bonds is 2. The van der Waals surface area contributed by atoms with Gasteiger partial charge in [0, 0.05) is 24.3 Å². The van der Waals surface area contributed by atoms with Gasteiger partial charge in [-0.3, -0.25) is 0 Å². The van der Waals surface area contributed by atoms with E-state index in [2.05, 4.69) is 24.0 Å². The summed E-state index contributed by atoms with van der Waals surface area (Å²) < 4.78 is 12.7. The fraction of sp³-hybridized carbons (Fsp3) is 0.538. The van der Waals surface area contributed by atoms with Gasteiger partial charge in [-0.1, -0.05) is 18.2 Å². The van der Waals surface area contributed by atoms with E-state index in [-0.39, 0.29) is 0 Å². The zero-order valence-electron chi connectivity index (χ0n) is 9.75. The third-order valence-electron chi connectivity index (χ3n) is 3.48. The van der Waals surface area contributed by atoms with E-state index in [0.29, 0.717) is 0 Å². The first-order valence-electron chi connectivity index (χ1n) is 5.80. The number of hydrogen-bond donors (Lipinski definition) is 1. The highest BCUT2D eigenvalue weighted by molar-refractivity contribution is 5.53. The number of para-hydroxylation sites is 1. The van der Waals surface area contributed by atoms with Crippen molar-refractivity contribution in [2.75, 3.05) is 24.7 Å². The van der Waals surface area contributed by atoms with Gasteiger partial charge in [-0.05, 0) is 31.4 Å². The van der Waals surface area contributed by atoms with Gasteiger partial charge in [0.05, 0.1) is 0 Å². The molecule has 2 N–H and O–H groups in total. The summed E-state index contributed by atoms with van der Waals surface area (Å²) in [5.74, 6) is 0. The molecule has 1 heterocycles. The molecule has 3 heteroatoms. The van der Waals surface area contributed by atoms with Gasteiger partial charge in [0.1, 0.15) is 6.67 Å². The molecule has 1 aliphatic heterocycles. The SMILES string of the molecule is Cc1ccccc1N1CCC(N)(CF)CC1. The number of nitrogens with two attached hydrogens (primary N) is 1. The Morgan fingerprint density at radius 1 is 1.31 bits per heavy atom. The quantitative estimate of drug-likeness (QED) is 0.831. The smallest absolute Gasteiger partial charge is 0.107 e. The lowest BCUT2D eigenvalue weighted by Crippen LogP contribution is -2.52. The summed E-state index contributed by atoms with van der Waals surface area (Å²) in [5, 5.41) is 0. The predicted molar refractivity (Wildman–Crippen MR) is 65.5 cm³/mol. The van der Waals surface area contributed by atoms with E-state index in [9.17, 15) is 4.39 Å². The van der Waals surface area contributed by atoms with Crippen molar-refractivity contribution in [3.05, 3.63) is 29.8 Å². The fourth-order valence-corrected chi connectivity index (χ4v) is 2.24. The van der Waals surface area contributed by atoms with Gasteiger partial charge in [-0.15, -0.1) is 0 Å². The molecule has 16 heavy (non-hydrogen) atoms. The Morgan fingerprint density at radius 2 is 1.94 bits per heavy atom. The molecule has 0 unspecified atom stereocenters. The van der Waals surface area contributed by atoms with Crippen LogP contribution in [0.4, 0.5) is 10.1 Å². The Hall–Kier alpha value is -1.09. The lowest BCUT2D eigenvalue weighted by molar-refractivity contribution is 0.255. The van der Waals surface area contributed by atoms with Gasteiger partial charge in [0.15, 0.2) is 0 Å². The number of aryl methyl sites for hydroxylation is 1. The Labute approximate surface area is 96.2 Å². The van der Waals surface area contributed by atoms with Gasteiger partial charge in [0.2, 0.25) is 0 Å². The van der Waals surface area contributed by atoms with Crippen molar-refractivity contribution >= 4 is 5.69 Å². The van der Waals surface area contributed by atoms with Crippen molar-refractivity contribution < 1.29 is 4.39 Å². The van der Waals surface area contributed by atoms with Crippen LogP contribution in [0.25, 0.3) is 0 Å². The molecule has 0 amide bonds. The summed E-state index contributed by atoms with van der Waals surface area (Å²) in [6.45, 7) is 3.40. The average Bonchev–Trinajstić information content (AvgIpc) is 2.31. The van der Waals surface area contributed by atoms with Crippen LogP contribution in [-0.2, 0) is 0 Å². The summed E-state index contributed by atoms with van der Waals surface area (Å²) in [6.07, 6.45) is 1.47. The van der Waals surface area contributed by atoms with Crippen LogP contribution >= 0.6 is 0 Å². The highest BCUT2D eigenvalue weighted by Gasteiger charge is 2.30. The van der Waals surface area contributed by atoms with Gasteiger partial charge in [-0.25, -0.2) is 4.39 Å². The lowest BCUT2D eigenvalue weighted by atomic mass is 9.89. The largest absolute Gasteiger partial charge is 0.371 e. The van der Waals surface area contributed by atoms with E-state index in [4.69, 9.17) is 5.73 Å². The summed E-state index contributed by atoms with van der Waals surface area (Å²) in [7, 11) is 0. The van der Waals surface area contributed by atoms with Crippen LogP contribution in [0.15, 0.2) is 24.3 Å². The highest BCUT2D eigenvalue weighted by Crippen LogP contribution is 2.27. The van der Waals surface area contributed by atoms with Gasteiger partial charge < -0.3 is 10.6 Å². The average molecular weight is 222 g/mol. The second-order valence-corrected chi connectivity index (χ2v) is 4.77. The van der Waals surface area contributed by atoms with E-state index >= 15 is 0 Å². The molecule has 0 bridgehead atoms. The van der Waals surface area contributed by atoms with Gasteiger partial charge >= 0.3 is 0 Å². The molecular weight excluding hydrogens is 203 g/mol. The maximum Gasteiger partial charge on any atom is 0.107 e. The Morgan fingerprint density at radius 3 is 2.50 bits per heavy atom. The lowest BCUT2D eigenvalue weighted by Gasteiger charge is -2.39. The molecule has 1 aromatic rings. The first-order chi connectivity index (χ1) is 7.64.